The van der Waals surface area contributed by atoms with Crippen molar-refractivity contribution < 1.29 is 23.9 Å². The molecule has 1 unspecified atom stereocenters. The molecule has 0 bridgehead atoms. The third kappa shape index (κ3) is 11.3. The number of rotatable bonds is 16. The molecule has 4 aromatic rings. The highest BCUT2D eigenvalue weighted by Gasteiger charge is 2.30. The molecule has 1 aliphatic carbocycles. The van der Waals surface area contributed by atoms with Crippen LogP contribution in [0.25, 0.3) is 11.1 Å². The van der Waals surface area contributed by atoms with Gasteiger partial charge in [0.2, 0.25) is 0 Å². The number of aryl methyl sites for hydroxylation is 2. The molecule has 1 aliphatic rings. The van der Waals surface area contributed by atoms with Crippen LogP contribution >= 0.6 is 0 Å². The molecule has 4 aromatic carbocycles. The third-order valence-electron chi connectivity index (χ3n) is 9.33. The number of carbonyl (C=O) groups excluding carboxylic acids is 3. The van der Waals surface area contributed by atoms with Crippen molar-refractivity contribution >= 4 is 18.0 Å². The smallest absolute Gasteiger partial charge is 0.329 e. The van der Waals surface area contributed by atoms with Crippen LogP contribution in [0.2, 0.25) is 0 Å². The molecule has 1 N–H and O–H groups in total. The molecule has 2 atom stereocenters. The van der Waals surface area contributed by atoms with E-state index < -0.39 is 24.0 Å². The molecule has 0 spiro atoms. The summed E-state index contributed by atoms with van der Waals surface area (Å²) in [4.78, 5) is 43.2. The zero-order chi connectivity index (χ0) is 36.2. The molecule has 0 saturated carbocycles. The number of nitrogens with zero attached hydrogens (tertiary/aromatic N) is 1. The normalized spacial score (nSPS) is 13.4. The predicted molar refractivity (Wildman–Crippen MR) is 202 cm³/mol. The number of carbonyl (C=O) groups is 3. The van der Waals surface area contributed by atoms with E-state index in [1.165, 1.54) is 11.1 Å². The molecule has 5 rings (SSSR count). The Bertz CT molecular complexity index is 1720. The summed E-state index contributed by atoms with van der Waals surface area (Å²) in [5.41, 5.74) is 6.46. The van der Waals surface area contributed by atoms with Gasteiger partial charge in [-0.3, -0.25) is 4.79 Å². The van der Waals surface area contributed by atoms with Crippen molar-refractivity contribution in [2.24, 2.45) is 17.8 Å². The number of fused-ring (bicyclic) bond motifs is 1. The monoisotopic (exact) mass is 688 g/mol. The fraction of sp³-hybridized carbons (Fsp3) is 0.386. The van der Waals surface area contributed by atoms with E-state index in [-0.39, 0.29) is 31.5 Å². The van der Waals surface area contributed by atoms with Gasteiger partial charge in [0, 0.05) is 19.5 Å². The highest BCUT2D eigenvalue weighted by atomic mass is 16.5. The van der Waals surface area contributed by atoms with Crippen LogP contribution in [-0.2, 0) is 40.2 Å². The Labute approximate surface area is 303 Å². The lowest BCUT2D eigenvalue weighted by Gasteiger charge is -2.30. The first-order valence-electron chi connectivity index (χ1n) is 18.4. The van der Waals surface area contributed by atoms with Crippen molar-refractivity contribution in [2.45, 2.75) is 78.9 Å². The number of urea groups is 1. The van der Waals surface area contributed by atoms with Crippen molar-refractivity contribution in [2.75, 3.05) is 13.1 Å². The fourth-order valence-electron chi connectivity index (χ4n) is 6.54. The maximum absolute atomic E-state index is 14.1. The van der Waals surface area contributed by atoms with Gasteiger partial charge in [-0.15, -0.1) is 0 Å². The van der Waals surface area contributed by atoms with Crippen molar-refractivity contribution in [3.05, 3.63) is 125 Å². The largest absolute Gasteiger partial charge is 0.459 e. The Kier molecular flexibility index (Phi) is 13.4. The summed E-state index contributed by atoms with van der Waals surface area (Å²) in [5.74, 6) is -0.328. The molecule has 7 heteroatoms. The molecule has 2 amide bonds. The minimum Gasteiger partial charge on any atom is -0.459 e. The highest BCUT2D eigenvalue weighted by molar-refractivity contribution is 5.84. The summed E-state index contributed by atoms with van der Waals surface area (Å²) in [7, 11) is 0. The number of benzene rings is 4. The second-order valence-electron chi connectivity index (χ2n) is 14.5. The van der Waals surface area contributed by atoms with E-state index in [0.29, 0.717) is 24.6 Å². The van der Waals surface area contributed by atoms with Crippen molar-refractivity contribution in [3.63, 3.8) is 0 Å². The first-order chi connectivity index (χ1) is 24.6. The van der Waals surface area contributed by atoms with Crippen LogP contribution in [0.15, 0.2) is 103 Å². The third-order valence-corrected chi connectivity index (χ3v) is 9.33. The van der Waals surface area contributed by atoms with E-state index in [2.05, 4.69) is 37.4 Å². The second-order valence-corrected chi connectivity index (χ2v) is 14.5. The van der Waals surface area contributed by atoms with Gasteiger partial charge >= 0.3 is 18.0 Å². The van der Waals surface area contributed by atoms with Crippen LogP contribution in [0.3, 0.4) is 0 Å². The van der Waals surface area contributed by atoms with Gasteiger partial charge in [-0.25, -0.2) is 9.59 Å². The first kappa shape index (κ1) is 37.3. The van der Waals surface area contributed by atoms with E-state index in [4.69, 9.17) is 9.47 Å². The zero-order valence-corrected chi connectivity index (χ0v) is 30.5. The second kappa shape index (κ2) is 18.4. The minimum atomic E-state index is -0.939. The van der Waals surface area contributed by atoms with E-state index in [9.17, 15) is 14.4 Å². The number of nitrogens with one attached hydrogen (secondary N) is 1. The Hall–Kier alpha value is -4.91. The van der Waals surface area contributed by atoms with Gasteiger partial charge in [-0.05, 0) is 83.0 Å². The maximum atomic E-state index is 14.1. The molecule has 268 valence electrons. The molecule has 0 aliphatic heterocycles. The van der Waals surface area contributed by atoms with E-state index >= 15 is 0 Å². The lowest BCUT2D eigenvalue weighted by molar-refractivity contribution is -0.147. The van der Waals surface area contributed by atoms with E-state index in [0.717, 1.165) is 47.9 Å². The van der Waals surface area contributed by atoms with E-state index in [1.54, 1.807) is 4.90 Å². The van der Waals surface area contributed by atoms with Crippen LogP contribution in [0.5, 0.6) is 5.75 Å². The van der Waals surface area contributed by atoms with Crippen LogP contribution < -0.4 is 10.1 Å². The van der Waals surface area contributed by atoms with Gasteiger partial charge in [0.25, 0.3) is 0 Å². The Balaban J connectivity index is 1.33. The highest BCUT2D eigenvalue weighted by Crippen LogP contribution is 2.27. The minimum absolute atomic E-state index is 0.0977. The van der Waals surface area contributed by atoms with Crippen LogP contribution in [0.4, 0.5) is 4.79 Å². The lowest BCUT2D eigenvalue weighted by Crippen LogP contribution is -2.52. The number of hydrogen-bond donors (Lipinski definition) is 1. The number of ether oxygens (including phenoxy) is 2. The first-order valence-corrected chi connectivity index (χ1v) is 18.4. The van der Waals surface area contributed by atoms with Gasteiger partial charge in [0.05, 0.1) is 5.92 Å². The predicted octanol–water partition coefficient (Wildman–Crippen LogP) is 8.82. The topological polar surface area (TPSA) is 84.9 Å². The van der Waals surface area contributed by atoms with Crippen LogP contribution in [0, 0.1) is 17.8 Å². The summed E-state index contributed by atoms with van der Waals surface area (Å²) < 4.78 is 11.7. The quantitative estimate of drug-likeness (QED) is 0.0940. The molecule has 0 saturated heterocycles. The average Bonchev–Trinajstić information content (AvgIpc) is 3.60. The Morgan fingerprint density at radius 1 is 0.686 bits per heavy atom. The summed E-state index contributed by atoms with van der Waals surface area (Å²) in [6, 6.07) is 32.2. The van der Waals surface area contributed by atoms with E-state index in [1.807, 2.05) is 98.8 Å². The molecule has 0 heterocycles. The Morgan fingerprint density at radius 2 is 1.35 bits per heavy atom. The van der Waals surface area contributed by atoms with Crippen molar-refractivity contribution in [1.29, 1.82) is 0 Å². The number of esters is 2. The zero-order valence-electron chi connectivity index (χ0n) is 30.5. The SMILES string of the molecule is CC(C)CCC(CN(CC(C)C)C(=O)N[C@@H](Cc1ccc(-c2ccccc2)cc1)C(=O)OCc1ccccc1)C(=O)Oc1ccc2c(c1)CCC2. The van der Waals surface area contributed by atoms with Crippen LogP contribution in [0.1, 0.15) is 69.2 Å². The van der Waals surface area contributed by atoms with Crippen molar-refractivity contribution in [1.82, 2.24) is 10.2 Å². The van der Waals surface area contributed by atoms with Crippen molar-refractivity contribution in [3.8, 4) is 16.9 Å². The average molecular weight is 689 g/mol. The molecular formula is C44H52N2O5. The summed E-state index contributed by atoms with van der Waals surface area (Å²) in [6.07, 6.45) is 4.81. The fourth-order valence-corrected chi connectivity index (χ4v) is 6.54. The maximum Gasteiger partial charge on any atom is 0.329 e. The molecule has 7 nitrogen and oxygen atoms in total. The standard InChI is InChI=1S/C44H52N2O5/c1-31(2)18-21-39(42(47)51-40-25-24-36-16-11-17-38(36)27-40)29-46(28-32(3)4)44(49)45-41(43(48)50-30-34-12-7-5-8-13-34)26-33-19-22-37(23-20-33)35-14-9-6-10-15-35/h5-10,12-15,19-20,22-25,27,31-32,39,41H,11,16-18,21,26,28-30H2,1-4H3,(H,45,49)/t39?,41-/m0/s1. The molecule has 0 aromatic heterocycles. The summed E-state index contributed by atoms with van der Waals surface area (Å²) in [6.45, 7) is 9.00. The molecule has 51 heavy (non-hydrogen) atoms. The Morgan fingerprint density at radius 3 is 2.04 bits per heavy atom. The van der Waals surface area contributed by atoms with Gasteiger partial charge in [0.1, 0.15) is 18.4 Å². The lowest BCUT2D eigenvalue weighted by atomic mass is 9.97. The molecule has 0 fully saturated rings. The number of hydrogen-bond acceptors (Lipinski definition) is 5. The molecule has 0 radical (unpaired) electrons. The molecular weight excluding hydrogens is 636 g/mol. The van der Waals surface area contributed by atoms with Crippen LogP contribution in [-0.4, -0.2) is 42.0 Å². The van der Waals surface area contributed by atoms with Gasteiger partial charge in [0.15, 0.2) is 0 Å². The summed E-state index contributed by atoms with van der Waals surface area (Å²) in [5, 5.41) is 3.00. The summed E-state index contributed by atoms with van der Waals surface area (Å²) >= 11 is 0. The van der Waals surface area contributed by atoms with Gasteiger partial charge in [-0.2, -0.15) is 0 Å². The van der Waals surface area contributed by atoms with Gasteiger partial charge in [-0.1, -0.05) is 125 Å². The number of amides is 2. The van der Waals surface area contributed by atoms with Gasteiger partial charge < -0.3 is 19.7 Å².